The summed E-state index contributed by atoms with van der Waals surface area (Å²) < 4.78 is 0. The van der Waals surface area contributed by atoms with Crippen LogP contribution in [-0.4, -0.2) is 0 Å². The molecule has 0 aliphatic heterocycles. The molecular formula is C16H16. The summed E-state index contributed by atoms with van der Waals surface area (Å²) in [7, 11) is 0. The highest BCUT2D eigenvalue weighted by Crippen LogP contribution is 2.34. The first kappa shape index (κ1) is 9.65. The van der Waals surface area contributed by atoms with Crippen LogP contribution in [0.2, 0.25) is 0 Å². The summed E-state index contributed by atoms with van der Waals surface area (Å²) in [6.07, 6.45) is 5.88. The third-order valence-electron chi connectivity index (χ3n) is 3.65. The van der Waals surface area contributed by atoms with Crippen LogP contribution in [0, 0.1) is 0 Å². The Labute approximate surface area is 96.6 Å². The lowest BCUT2D eigenvalue weighted by atomic mass is 9.81. The molecule has 3 rings (SSSR count). The van der Waals surface area contributed by atoms with Crippen LogP contribution in [0.25, 0.3) is 10.8 Å². The van der Waals surface area contributed by atoms with Gasteiger partial charge in [-0.05, 0) is 41.2 Å². The van der Waals surface area contributed by atoms with Crippen LogP contribution in [0.3, 0.4) is 0 Å². The van der Waals surface area contributed by atoms with E-state index in [0.717, 1.165) is 0 Å². The number of aryl methyl sites for hydroxylation is 1. The van der Waals surface area contributed by atoms with Gasteiger partial charge in [0.05, 0.1) is 0 Å². The van der Waals surface area contributed by atoms with E-state index in [1.54, 1.807) is 0 Å². The van der Waals surface area contributed by atoms with Gasteiger partial charge in [-0.15, -0.1) is 6.58 Å². The molecule has 0 heteroatoms. The Kier molecular flexibility index (Phi) is 2.28. The summed E-state index contributed by atoms with van der Waals surface area (Å²) in [4.78, 5) is 0. The van der Waals surface area contributed by atoms with Gasteiger partial charge < -0.3 is 0 Å². The van der Waals surface area contributed by atoms with E-state index in [0.29, 0.717) is 5.92 Å². The topological polar surface area (TPSA) is 0 Å². The Morgan fingerprint density at radius 1 is 1.12 bits per heavy atom. The van der Waals surface area contributed by atoms with E-state index in [-0.39, 0.29) is 0 Å². The number of hydrogen-bond donors (Lipinski definition) is 0. The molecule has 2 aromatic rings. The average molecular weight is 208 g/mol. The van der Waals surface area contributed by atoms with Gasteiger partial charge in [0.25, 0.3) is 0 Å². The van der Waals surface area contributed by atoms with Gasteiger partial charge in [-0.25, -0.2) is 0 Å². The Hall–Kier alpha value is -1.56. The van der Waals surface area contributed by atoms with Crippen LogP contribution >= 0.6 is 0 Å². The molecule has 0 fully saturated rings. The number of hydrogen-bond acceptors (Lipinski definition) is 0. The minimum absolute atomic E-state index is 0.563. The standard InChI is InChI=1S/C16H16/c1-2-12-8-5-9-15-10-13-6-3-4-7-14(13)11-16(12)15/h2-4,6-7,10-12H,1,5,8-9H2. The first-order valence-electron chi connectivity index (χ1n) is 6.02. The average Bonchev–Trinajstić information content (AvgIpc) is 2.35. The van der Waals surface area contributed by atoms with E-state index in [4.69, 9.17) is 0 Å². The molecule has 0 nitrogen and oxygen atoms in total. The summed E-state index contributed by atoms with van der Waals surface area (Å²) >= 11 is 0. The van der Waals surface area contributed by atoms with Gasteiger partial charge in [0.15, 0.2) is 0 Å². The van der Waals surface area contributed by atoms with Crippen molar-refractivity contribution in [3.63, 3.8) is 0 Å². The van der Waals surface area contributed by atoms with Crippen LogP contribution in [-0.2, 0) is 6.42 Å². The third kappa shape index (κ3) is 1.46. The Morgan fingerprint density at radius 3 is 2.62 bits per heavy atom. The zero-order chi connectivity index (χ0) is 11.0. The van der Waals surface area contributed by atoms with E-state index in [2.05, 4.69) is 49.1 Å². The lowest BCUT2D eigenvalue weighted by Crippen LogP contribution is -2.07. The van der Waals surface area contributed by atoms with Crippen LogP contribution in [0.15, 0.2) is 49.1 Å². The van der Waals surface area contributed by atoms with E-state index in [9.17, 15) is 0 Å². The molecule has 1 aliphatic rings. The zero-order valence-electron chi connectivity index (χ0n) is 9.45. The highest BCUT2D eigenvalue weighted by atomic mass is 14.2. The van der Waals surface area contributed by atoms with Gasteiger partial charge in [0.1, 0.15) is 0 Å². The van der Waals surface area contributed by atoms with Crippen LogP contribution in [0.5, 0.6) is 0 Å². The summed E-state index contributed by atoms with van der Waals surface area (Å²) in [5.41, 5.74) is 3.02. The molecule has 1 atom stereocenters. The van der Waals surface area contributed by atoms with Crippen molar-refractivity contribution in [1.29, 1.82) is 0 Å². The number of rotatable bonds is 1. The van der Waals surface area contributed by atoms with Crippen molar-refractivity contribution in [3.05, 3.63) is 60.2 Å². The number of fused-ring (bicyclic) bond motifs is 2. The predicted octanol–water partition coefficient (Wildman–Crippen LogP) is 4.45. The molecule has 0 aromatic heterocycles. The first-order valence-corrected chi connectivity index (χ1v) is 6.02. The summed E-state index contributed by atoms with van der Waals surface area (Å²) in [5.74, 6) is 0.563. The third-order valence-corrected chi connectivity index (χ3v) is 3.65. The molecule has 0 bridgehead atoms. The molecule has 80 valence electrons. The molecule has 0 N–H and O–H groups in total. The van der Waals surface area contributed by atoms with Crippen LogP contribution in [0.4, 0.5) is 0 Å². The molecule has 1 unspecified atom stereocenters. The second kappa shape index (κ2) is 3.79. The molecule has 0 radical (unpaired) electrons. The van der Waals surface area contributed by atoms with Crippen LogP contribution < -0.4 is 0 Å². The van der Waals surface area contributed by atoms with Gasteiger partial charge in [-0.3, -0.25) is 0 Å². The van der Waals surface area contributed by atoms with Crippen molar-refractivity contribution in [2.24, 2.45) is 0 Å². The second-order valence-corrected chi connectivity index (χ2v) is 4.63. The first-order chi connectivity index (χ1) is 7.88. The molecular weight excluding hydrogens is 192 g/mol. The van der Waals surface area contributed by atoms with E-state index in [1.165, 1.54) is 41.2 Å². The fourth-order valence-corrected chi connectivity index (χ4v) is 2.78. The maximum Gasteiger partial charge on any atom is 0.00183 e. The SMILES string of the molecule is C=CC1CCCc2cc3ccccc3cc21. The molecule has 0 saturated heterocycles. The minimum Gasteiger partial charge on any atom is -0.102 e. The molecule has 16 heavy (non-hydrogen) atoms. The Bertz CT molecular complexity index is 537. The van der Waals surface area contributed by atoms with Crippen molar-refractivity contribution in [3.8, 4) is 0 Å². The second-order valence-electron chi connectivity index (χ2n) is 4.63. The van der Waals surface area contributed by atoms with E-state index in [1.807, 2.05) is 0 Å². The molecule has 0 heterocycles. The maximum absolute atomic E-state index is 3.96. The van der Waals surface area contributed by atoms with Gasteiger partial charge >= 0.3 is 0 Å². The van der Waals surface area contributed by atoms with Crippen molar-refractivity contribution in [2.75, 3.05) is 0 Å². The highest BCUT2D eigenvalue weighted by Gasteiger charge is 2.17. The number of benzene rings is 2. The van der Waals surface area contributed by atoms with Crippen molar-refractivity contribution in [2.45, 2.75) is 25.2 Å². The van der Waals surface area contributed by atoms with Crippen molar-refractivity contribution < 1.29 is 0 Å². The highest BCUT2D eigenvalue weighted by molar-refractivity contribution is 5.84. The monoisotopic (exact) mass is 208 g/mol. The Morgan fingerprint density at radius 2 is 1.88 bits per heavy atom. The molecule has 1 aliphatic carbocycles. The predicted molar refractivity (Wildman–Crippen MR) is 69.8 cm³/mol. The quantitative estimate of drug-likeness (QED) is 0.607. The van der Waals surface area contributed by atoms with Gasteiger partial charge in [0, 0.05) is 5.92 Å². The zero-order valence-corrected chi connectivity index (χ0v) is 9.45. The van der Waals surface area contributed by atoms with E-state index < -0.39 is 0 Å². The normalized spacial score (nSPS) is 19.4. The van der Waals surface area contributed by atoms with E-state index >= 15 is 0 Å². The van der Waals surface area contributed by atoms with Gasteiger partial charge in [0.2, 0.25) is 0 Å². The summed E-state index contributed by atoms with van der Waals surface area (Å²) in [6, 6.07) is 13.3. The van der Waals surface area contributed by atoms with Crippen molar-refractivity contribution in [1.82, 2.24) is 0 Å². The summed E-state index contributed by atoms with van der Waals surface area (Å²) in [6.45, 7) is 3.96. The minimum atomic E-state index is 0.563. The molecule has 2 aromatic carbocycles. The lowest BCUT2D eigenvalue weighted by Gasteiger charge is -2.23. The fourth-order valence-electron chi connectivity index (χ4n) is 2.78. The fraction of sp³-hybridized carbons (Fsp3) is 0.250. The largest absolute Gasteiger partial charge is 0.102 e. The lowest BCUT2D eigenvalue weighted by molar-refractivity contribution is 0.631. The molecule has 0 amide bonds. The molecule has 0 saturated carbocycles. The van der Waals surface area contributed by atoms with Crippen LogP contribution in [0.1, 0.15) is 29.9 Å². The van der Waals surface area contributed by atoms with Gasteiger partial charge in [-0.2, -0.15) is 0 Å². The van der Waals surface area contributed by atoms with Gasteiger partial charge in [-0.1, -0.05) is 42.5 Å². The number of allylic oxidation sites excluding steroid dienone is 1. The summed E-state index contributed by atoms with van der Waals surface area (Å²) in [5, 5.41) is 2.72. The smallest absolute Gasteiger partial charge is 0.00183 e. The maximum atomic E-state index is 3.96. The Balaban J connectivity index is 2.25. The van der Waals surface area contributed by atoms with Crippen molar-refractivity contribution >= 4 is 10.8 Å². The molecule has 0 spiro atoms.